The molecule has 1 aliphatic heterocycles. The molecular weight excluding hydrogens is 442 g/mol. The minimum absolute atomic E-state index is 0.0682. The number of fused-ring (bicyclic) bond motifs is 3. The molecule has 3 heterocycles. The zero-order valence-electron chi connectivity index (χ0n) is 18.4. The van der Waals surface area contributed by atoms with Crippen molar-refractivity contribution in [2.45, 2.75) is 64.2 Å². The van der Waals surface area contributed by atoms with Crippen molar-refractivity contribution in [1.82, 2.24) is 14.8 Å². The monoisotopic (exact) mass is 469 g/mol. The van der Waals surface area contributed by atoms with E-state index in [-0.39, 0.29) is 17.9 Å². The second-order valence-electron chi connectivity index (χ2n) is 9.42. The first kappa shape index (κ1) is 21.5. The quantitative estimate of drug-likeness (QED) is 0.551. The Morgan fingerprint density at radius 3 is 2.72 bits per heavy atom. The number of carbonyl (C=O) groups excluding carboxylic acids is 2. The molecule has 1 N–H and O–H groups in total. The van der Waals surface area contributed by atoms with Gasteiger partial charge in [0.25, 0.3) is 5.91 Å². The third kappa shape index (κ3) is 3.63. The van der Waals surface area contributed by atoms with E-state index in [0.29, 0.717) is 29.7 Å². The lowest BCUT2D eigenvalue weighted by molar-refractivity contribution is -0.134. The molecule has 1 fully saturated rings. The Balaban J connectivity index is 1.52. The minimum atomic E-state index is -0.991. The number of thiophene rings is 1. The van der Waals surface area contributed by atoms with Crippen molar-refractivity contribution in [3.05, 3.63) is 58.1 Å². The van der Waals surface area contributed by atoms with Gasteiger partial charge in [0.05, 0.1) is 16.8 Å². The van der Waals surface area contributed by atoms with Crippen LogP contribution in [0.4, 0.5) is 0 Å². The second-order valence-corrected chi connectivity index (χ2v) is 10.8. The Labute approximate surface area is 197 Å². The highest BCUT2D eigenvalue weighted by atomic mass is 35.5. The fourth-order valence-corrected chi connectivity index (χ4v) is 6.10. The Morgan fingerprint density at radius 1 is 1.22 bits per heavy atom. The highest BCUT2D eigenvalue weighted by Gasteiger charge is 2.48. The van der Waals surface area contributed by atoms with Gasteiger partial charge in [0.2, 0.25) is 5.91 Å². The van der Waals surface area contributed by atoms with Crippen LogP contribution in [0.15, 0.2) is 41.8 Å². The molecule has 3 aromatic rings. The molecule has 0 saturated heterocycles. The number of benzene rings is 1. The molecule has 5 nitrogen and oxygen atoms in total. The fourth-order valence-electron chi connectivity index (χ4n) is 5.15. The van der Waals surface area contributed by atoms with Gasteiger partial charge in [-0.25, -0.2) is 0 Å². The Morgan fingerprint density at radius 2 is 1.97 bits per heavy atom. The highest BCUT2D eigenvalue weighted by Crippen LogP contribution is 2.36. The van der Waals surface area contributed by atoms with Crippen molar-refractivity contribution in [2.75, 3.05) is 0 Å². The van der Waals surface area contributed by atoms with Gasteiger partial charge in [0.15, 0.2) is 0 Å². The van der Waals surface area contributed by atoms with Gasteiger partial charge in [-0.05, 0) is 60.9 Å². The number of carbonyl (C=O) groups is 2. The molecule has 2 aromatic heterocycles. The van der Waals surface area contributed by atoms with Crippen molar-refractivity contribution >= 4 is 45.0 Å². The number of aromatic nitrogens is 1. The maximum Gasteiger partial charge on any atom is 0.271 e. The van der Waals surface area contributed by atoms with Crippen molar-refractivity contribution in [3.8, 4) is 0 Å². The maximum absolute atomic E-state index is 13.8. The molecule has 168 valence electrons. The van der Waals surface area contributed by atoms with Gasteiger partial charge in [-0.1, -0.05) is 43.5 Å². The summed E-state index contributed by atoms with van der Waals surface area (Å²) < 4.78 is 3.10. The molecule has 3 unspecified atom stereocenters. The van der Waals surface area contributed by atoms with Crippen LogP contribution in [-0.2, 0) is 17.9 Å². The third-order valence-electron chi connectivity index (χ3n) is 7.22. The normalized spacial score (nSPS) is 25.7. The standard InChI is InChI=1S/C25H28ClN3O2S/c1-16-5-3-4-6-19(16)27-24(31)25(2)15-28-20-11-12-32-22(20)13-21(28)23(30)29(25)14-17-7-9-18(26)10-8-17/h7-13,16,19H,3-6,14-15H2,1-2H3,(H,27,31). The summed E-state index contributed by atoms with van der Waals surface area (Å²) in [6.07, 6.45) is 4.48. The van der Waals surface area contributed by atoms with E-state index in [0.717, 1.165) is 35.0 Å². The van der Waals surface area contributed by atoms with Gasteiger partial charge in [0, 0.05) is 17.6 Å². The summed E-state index contributed by atoms with van der Waals surface area (Å²) in [5.41, 5.74) is 1.63. The van der Waals surface area contributed by atoms with Crippen molar-refractivity contribution < 1.29 is 9.59 Å². The van der Waals surface area contributed by atoms with Crippen molar-refractivity contribution in [1.29, 1.82) is 0 Å². The van der Waals surface area contributed by atoms with Gasteiger partial charge >= 0.3 is 0 Å². The summed E-state index contributed by atoms with van der Waals surface area (Å²) >= 11 is 7.68. The number of nitrogens with zero attached hydrogens (tertiary/aromatic N) is 2. The van der Waals surface area contributed by atoms with Crippen molar-refractivity contribution in [2.24, 2.45) is 5.92 Å². The Bertz CT molecular complexity index is 1170. The van der Waals surface area contributed by atoms with Gasteiger partial charge in [-0.2, -0.15) is 0 Å². The van der Waals surface area contributed by atoms with E-state index in [4.69, 9.17) is 11.6 Å². The fraction of sp³-hybridized carbons (Fsp3) is 0.440. The van der Waals surface area contributed by atoms with Gasteiger partial charge in [-0.3, -0.25) is 9.59 Å². The summed E-state index contributed by atoms with van der Waals surface area (Å²) in [6, 6.07) is 11.6. The largest absolute Gasteiger partial charge is 0.351 e. The molecule has 3 atom stereocenters. The molecule has 1 aliphatic carbocycles. The van der Waals surface area contributed by atoms with Crippen LogP contribution in [0.25, 0.3) is 10.2 Å². The topological polar surface area (TPSA) is 54.3 Å². The lowest BCUT2D eigenvalue weighted by Crippen LogP contribution is -2.65. The molecule has 2 amide bonds. The summed E-state index contributed by atoms with van der Waals surface area (Å²) in [6.45, 7) is 4.92. The number of nitrogens with one attached hydrogen (secondary N) is 1. The molecule has 0 bridgehead atoms. The molecule has 2 aliphatic rings. The van der Waals surface area contributed by atoms with Crippen molar-refractivity contribution in [3.63, 3.8) is 0 Å². The maximum atomic E-state index is 13.8. The summed E-state index contributed by atoms with van der Waals surface area (Å²) in [5, 5.41) is 6.01. The Kier molecular flexibility index (Phi) is 5.54. The van der Waals surface area contributed by atoms with E-state index in [9.17, 15) is 9.59 Å². The van der Waals surface area contributed by atoms with E-state index < -0.39 is 5.54 Å². The zero-order chi connectivity index (χ0) is 22.5. The predicted molar refractivity (Wildman–Crippen MR) is 129 cm³/mol. The molecule has 1 saturated carbocycles. The third-order valence-corrected chi connectivity index (χ3v) is 8.32. The second kappa shape index (κ2) is 8.23. The zero-order valence-corrected chi connectivity index (χ0v) is 20.0. The van der Waals surface area contributed by atoms with E-state index in [2.05, 4.69) is 12.2 Å². The number of hydrogen-bond acceptors (Lipinski definition) is 3. The van der Waals surface area contributed by atoms with Crippen LogP contribution >= 0.6 is 22.9 Å². The molecule has 32 heavy (non-hydrogen) atoms. The number of rotatable bonds is 4. The lowest BCUT2D eigenvalue weighted by atomic mass is 9.85. The summed E-state index contributed by atoms with van der Waals surface area (Å²) in [5.74, 6) is 0.274. The van der Waals surface area contributed by atoms with E-state index in [1.54, 1.807) is 16.2 Å². The van der Waals surface area contributed by atoms with Crippen LogP contribution in [0.5, 0.6) is 0 Å². The van der Waals surface area contributed by atoms with Gasteiger partial charge < -0.3 is 14.8 Å². The van der Waals surface area contributed by atoms with Crippen LogP contribution in [0.1, 0.15) is 55.6 Å². The first-order chi connectivity index (χ1) is 15.4. The molecule has 5 rings (SSSR count). The first-order valence-corrected chi connectivity index (χ1v) is 12.6. The summed E-state index contributed by atoms with van der Waals surface area (Å²) in [7, 11) is 0. The molecule has 0 radical (unpaired) electrons. The molecule has 7 heteroatoms. The number of hydrogen-bond donors (Lipinski definition) is 1. The lowest BCUT2D eigenvalue weighted by Gasteiger charge is -2.45. The Hall–Kier alpha value is -2.31. The van der Waals surface area contributed by atoms with E-state index >= 15 is 0 Å². The predicted octanol–water partition coefficient (Wildman–Crippen LogP) is 5.47. The van der Waals surface area contributed by atoms with Gasteiger partial charge in [0.1, 0.15) is 11.2 Å². The SMILES string of the molecule is CC1CCCCC1NC(=O)C1(C)Cn2c(cc3sccc32)C(=O)N1Cc1ccc(Cl)cc1. The summed E-state index contributed by atoms with van der Waals surface area (Å²) in [4.78, 5) is 29.3. The van der Waals surface area contributed by atoms with E-state index in [1.807, 2.05) is 53.3 Å². The molecular formula is C25H28ClN3O2S. The van der Waals surface area contributed by atoms with Crippen LogP contribution in [-0.4, -0.2) is 32.9 Å². The van der Waals surface area contributed by atoms with Crippen LogP contribution in [0.3, 0.4) is 0 Å². The number of halogens is 1. The minimum Gasteiger partial charge on any atom is -0.351 e. The molecule has 0 spiro atoms. The average Bonchev–Trinajstić information content (AvgIpc) is 3.36. The highest BCUT2D eigenvalue weighted by molar-refractivity contribution is 7.17. The number of amides is 2. The van der Waals surface area contributed by atoms with Crippen LogP contribution < -0.4 is 5.32 Å². The first-order valence-electron chi connectivity index (χ1n) is 11.3. The molecule has 1 aromatic carbocycles. The van der Waals surface area contributed by atoms with Crippen LogP contribution in [0.2, 0.25) is 5.02 Å². The smallest absolute Gasteiger partial charge is 0.271 e. The van der Waals surface area contributed by atoms with E-state index in [1.165, 1.54) is 6.42 Å². The average molecular weight is 470 g/mol. The van der Waals surface area contributed by atoms with Crippen LogP contribution in [0, 0.1) is 5.92 Å². The van der Waals surface area contributed by atoms with Gasteiger partial charge in [-0.15, -0.1) is 11.3 Å².